The number of benzene rings is 1. The maximum absolute atomic E-state index is 14.5. The molecule has 1 aromatic carbocycles. The maximum atomic E-state index is 14.5. The van der Waals surface area contributed by atoms with Crippen LogP contribution in [0.15, 0.2) is 36.7 Å². The van der Waals surface area contributed by atoms with Crippen molar-refractivity contribution in [2.45, 2.75) is 26.5 Å². The van der Waals surface area contributed by atoms with Crippen LogP contribution in [0.25, 0.3) is 16.8 Å². The molecule has 164 valence electrons. The van der Waals surface area contributed by atoms with Gasteiger partial charge in [0, 0.05) is 59.4 Å². The van der Waals surface area contributed by atoms with Crippen molar-refractivity contribution in [3.8, 4) is 22.8 Å². The van der Waals surface area contributed by atoms with E-state index in [9.17, 15) is 9.50 Å². The molecule has 4 heterocycles. The average Bonchev–Trinajstić information content (AvgIpc) is 3.46. The summed E-state index contributed by atoms with van der Waals surface area (Å²) in [4.78, 5) is 13.6. The summed E-state index contributed by atoms with van der Waals surface area (Å²) < 4.78 is 27.1. The molecule has 0 saturated carbocycles. The molecule has 0 radical (unpaired) electrons. The summed E-state index contributed by atoms with van der Waals surface area (Å²) in [6.45, 7) is 2.48. The highest BCUT2D eigenvalue weighted by Gasteiger charge is 2.20. The summed E-state index contributed by atoms with van der Waals surface area (Å²) in [5.74, 6) is 1.46. The third kappa shape index (κ3) is 3.40. The molecule has 4 aromatic rings. The van der Waals surface area contributed by atoms with Gasteiger partial charge in [-0.2, -0.15) is 0 Å². The second-order valence-electron chi connectivity index (χ2n) is 7.52. The van der Waals surface area contributed by atoms with Crippen LogP contribution in [-0.2, 0) is 19.6 Å². The van der Waals surface area contributed by atoms with Crippen LogP contribution < -0.4 is 14.8 Å². The molecule has 8 nitrogen and oxygen atoms in total. The van der Waals surface area contributed by atoms with E-state index in [1.54, 1.807) is 36.0 Å². The summed E-state index contributed by atoms with van der Waals surface area (Å²) >= 11 is 0. The number of halogens is 1. The lowest BCUT2D eigenvalue weighted by Crippen LogP contribution is -2.10. The molecule has 3 aromatic heterocycles. The Balaban J connectivity index is 1.54. The minimum Gasteiger partial charge on any atom is -0.493 e. The second kappa shape index (κ2) is 8.08. The fourth-order valence-electron chi connectivity index (χ4n) is 4.03. The van der Waals surface area contributed by atoms with Crippen LogP contribution in [0.3, 0.4) is 0 Å². The zero-order valence-corrected chi connectivity index (χ0v) is 17.7. The van der Waals surface area contributed by atoms with Crippen molar-refractivity contribution in [3.63, 3.8) is 0 Å². The number of hydrogen-bond donors (Lipinski definition) is 2. The summed E-state index contributed by atoms with van der Waals surface area (Å²) in [6.07, 6.45) is 4.10. The van der Waals surface area contributed by atoms with Gasteiger partial charge >= 0.3 is 0 Å². The Hall–Kier alpha value is -3.72. The summed E-state index contributed by atoms with van der Waals surface area (Å²) in [5.41, 5.74) is 4.95. The lowest BCUT2D eigenvalue weighted by molar-refractivity contribution is 0.277. The molecule has 9 heteroatoms. The first-order chi connectivity index (χ1) is 15.6. The molecular formula is C23H22FN5O3. The minimum atomic E-state index is -0.281. The predicted molar refractivity (Wildman–Crippen MR) is 116 cm³/mol. The SMILES string of the molecule is COc1ccc(-c2cnc(NCc3c(F)ccc4c3CCO4)n3cc(CO)nc23)c(C)n1. The van der Waals surface area contributed by atoms with Crippen molar-refractivity contribution < 1.29 is 19.0 Å². The molecule has 2 N–H and O–H groups in total. The standard InChI is InChI=1S/C23H22FN5O3/c1-13-15(3-6-21(27-13)31-2)18-10-26-23(29-11-14(12-30)28-22(18)29)25-9-17-16-7-8-32-20(16)5-4-19(17)24/h3-6,10-11,30H,7-9,12H2,1-2H3,(H,25,26). The van der Waals surface area contributed by atoms with Gasteiger partial charge in [-0.3, -0.25) is 4.40 Å². The van der Waals surface area contributed by atoms with E-state index < -0.39 is 0 Å². The van der Waals surface area contributed by atoms with Crippen LogP contribution >= 0.6 is 0 Å². The fourth-order valence-corrected chi connectivity index (χ4v) is 4.03. The molecule has 32 heavy (non-hydrogen) atoms. The van der Waals surface area contributed by atoms with Crippen LogP contribution in [-0.4, -0.2) is 38.2 Å². The number of nitrogens with one attached hydrogen (secondary N) is 1. The maximum Gasteiger partial charge on any atom is 0.213 e. The van der Waals surface area contributed by atoms with Crippen molar-refractivity contribution in [2.24, 2.45) is 0 Å². The lowest BCUT2D eigenvalue weighted by Gasteiger charge is -2.13. The van der Waals surface area contributed by atoms with Gasteiger partial charge < -0.3 is 19.9 Å². The van der Waals surface area contributed by atoms with E-state index in [4.69, 9.17) is 9.47 Å². The van der Waals surface area contributed by atoms with Gasteiger partial charge in [0.25, 0.3) is 0 Å². The van der Waals surface area contributed by atoms with Gasteiger partial charge in [-0.05, 0) is 25.1 Å². The number of methoxy groups -OCH3 is 1. The Morgan fingerprint density at radius 3 is 2.88 bits per heavy atom. The summed E-state index contributed by atoms with van der Waals surface area (Å²) in [6, 6.07) is 6.78. The Bertz CT molecular complexity index is 1320. The predicted octanol–water partition coefficient (Wildman–Crippen LogP) is 3.29. The normalized spacial score (nSPS) is 12.6. The third-order valence-electron chi connectivity index (χ3n) is 5.63. The molecule has 0 aliphatic carbocycles. The van der Waals surface area contributed by atoms with Crippen molar-refractivity contribution in [3.05, 3.63) is 65.0 Å². The molecule has 0 unspecified atom stereocenters. The van der Waals surface area contributed by atoms with Crippen molar-refractivity contribution in [1.29, 1.82) is 0 Å². The number of pyridine rings is 1. The Morgan fingerprint density at radius 2 is 2.09 bits per heavy atom. The molecule has 0 amide bonds. The highest BCUT2D eigenvalue weighted by Crippen LogP contribution is 2.32. The number of aliphatic hydroxyl groups is 1. The average molecular weight is 435 g/mol. The highest BCUT2D eigenvalue weighted by molar-refractivity contribution is 5.79. The smallest absolute Gasteiger partial charge is 0.213 e. The van der Waals surface area contributed by atoms with Crippen molar-refractivity contribution in [1.82, 2.24) is 19.4 Å². The van der Waals surface area contributed by atoms with Crippen molar-refractivity contribution in [2.75, 3.05) is 19.0 Å². The van der Waals surface area contributed by atoms with Crippen LogP contribution in [0.1, 0.15) is 22.5 Å². The second-order valence-corrected chi connectivity index (χ2v) is 7.52. The van der Waals surface area contributed by atoms with Gasteiger partial charge in [0.15, 0.2) is 0 Å². The fraction of sp³-hybridized carbons (Fsp3) is 0.261. The minimum absolute atomic E-state index is 0.210. The van der Waals surface area contributed by atoms with Gasteiger partial charge in [-0.25, -0.2) is 19.3 Å². The number of fused-ring (bicyclic) bond motifs is 2. The van der Waals surface area contributed by atoms with Gasteiger partial charge in [-0.15, -0.1) is 0 Å². The van der Waals surface area contributed by atoms with Crippen LogP contribution in [0.4, 0.5) is 10.3 Å². The van der Waals surface area contributed by atoms with Crippen LogP contribution in [0.2, 0.25) is 0 Å². The van der Waals surface area contributed by atoms with Gasteiger partial charge in [0.1, 0.15) is 17.2 Å². The highest BCUT2D eigenvalue weighted by atomic mass is 19.1. The number of aliphatic hydroxyl groups excluding tert-OH is 1. The van der Waals surface area contributed by atoms with Crippen LogP contribution in [0, 0.1) is 12.7 Å². The Morgan fingerprint density at radius 1 is 1.22 bits per heavy atom. The number of aryl methyl sites for hydroxylation is 1. The molecule has 1 aliphatic heterocycles. The van der Waals surface area contributed by atoms with E-state index in [0.29, 0.717) is 41.8 Å². The molecule has 0 atom stereocenters. The first-order valence-electron chi connectivity index (χ1n) is 10.3. The number of nitrogens with zero attached hydrogens (tertiary/aromatic N) is 4. The molecule has 0 bridgehead atoms. The largest absolute Gasteiger partial charge is 0.493 e. The molecular weight excluding hydrogens is 413 g/mol. The summed E-state index contributed by atoms with van der Waals surface area (Å²) in [7, 11) is 1.57. The number of ether oxygens (including phenoxy) is 2. The zero-order chi connectivity index (χ0) is 22.2. The number of anilines is 1. The third-order valence-corrected chi connectivity index (χ3v) is 5.63. The first-order valence-corrected chi connectivity index (χ1v) is 10.3. The molecule has 0 spiro atoms. The van der Waals surface area contributed by atoms with Gasteiger partial charge in [0.05, 0.1) is 26.0 Å². The Kier molecular flexibility index (Phi) is 5.10. The topological polar surface area (TPSA) is 93.8 Å². The van der Waals surface area contributed by atoms with Crippen molar-refractivity contribution >= 4 is 11.6 Å². The quantitative estimate of drug-likeness (QED) is 0.480. The molecule has 5 rings (SSSR count). The van der Waals surface area contributed by atoms with E-state index in [-0.39, 0.29) is 19.0 Å². The van der Waals surface area contributed by atoms with E-state index in [0.717, 1.165) is 28.1 Å². The van der Waals surface area contributed by atoms with Gasteiger partial charge in [-0.1, -0.05) is 0 Å². The van der Waals surface area contributed by atoms with E-state index >= 15 is 0 Å². The Labute approximate surface area is 183 Å². The molecule has 0 saturated heterocycles. The summed E-state index contributed by atoms with van der Waals surface area (Å²) in [5, 5.41) is 12.9. The first kappa shape index (κ1) is 20.2. The van der Waals surface area contributed by atoms with Gasteiger partial charge in [0.2, 0.25) is 11.8 Å². The number of imidazole rings is 1. The zero-order valence-electron chi connectivity index (χ0n) is 17.7. The van der Waals surface area contributed by atoms with E-state index in [2.05, 4.69) is 20.3 Å². The number of aromatic nitrogens is 4. The number of hydrogen-bond acceptors (Lipinski definition) is 7. The lowest BCUT2D eigenvalue weighted by atomic mass is 10.0. The molecule has 1 aliphatic rings. The monoisotopic (exact) mass is 435 g/mol. The van der Waals surface area contributed by atoms with Crippen LogP contribution in [0.5, 0.6) is 11.6 Å². The van der Waals surface area contributed by atoms with E-state index in [1.807, 2.05) is 13.0 Å². The molecule has 0 fully saturated rings. The van der Waals surface area contributed by atoms with E-state index in [1.165, 1.54) is 6.07 Å². The number of rotatable bonds is 6.